The molecule has 2 fully saturated rings. The number of cyclic esters (lactones) is 1. The molecule has 0 saturated carbocycles. The molecule has 0 aromatic carbocycles. The Morgan fingerprint density at radius 1 is 1.31 bits per heavy atom. The molecule has 2 aliphatic rings. The van der Waals surface area contributed by atoms with Crippen LogP contribution in [0.25, 0.3) is 0 Å². The fourth-order valence-corrected chi connectivity index (χ4v) is 5.26. The number of carbonyl (C=O) groups excluding carboxylic acids is 2. The lowest BCUT2D eigenvalue weighted by Crippen LogP contribution is -2.43. The predicted molar refractivity (Wildman–Crippen MR) is 116 cm³/mol. The second kappa shape index (κ2) is 9.01. The van der Waals surface area contributed by atoms with E-state index in [1.807, 2.05) is 0 Å². The van der Waals surface area contributed by atoms with Gasteiger partial charge < -0.3 is 15.0 Å². The first-order chi connectivity index (χ1) is 14.0. The normalized spacial score (nSPS) is 20.8. The zero-order valence-corrected chi connectivity index (χ0v) is 18.5. The Labute approximate surface area is 182 Å². The van der Waals surface area contributed by atoms with Crippen LogP contribution in [-0.4, -0.2) is 74.2 Å². The molecule has 0 bridgehead atoms. The third-order valence-corrected chi connectivity index (χ3v) is 7.30. The first-order valence-corrected chi connectivity index (χ1v) is 11.6. The zero-order chi connectivity index (χ0) is 20.4. The molecule has 0 radical (unpaired) electrons. The highest BCUT2D eigenvalue weighted by molar-refractivity contribution is 7.18. The summed E-state index contributed by atoms with van der Waals surface area (Å²) in [5.41, 5.74) is 1.22. The number of carbonyl (C=O) groups is 2. The maximum absolute atomic E-state index is 12.3. The van der Waals surface area contributed by atoms with Crippen LogP contribution in [0.5, 0.6) is 0 Å². The molecule has 1 atom stereocenters. The van der Waals surface area contributed by atoms with Crippen molar-refractivity contribution < 1.29 is 14.3 Å². The van der Waals surface area contributed by atoms with E-state index in [0.717, 1.165) is 37.7 Å². The van der Waals surface area contributed by atoms with Gasteiger partial charge in [0.25, 0.3) is 5.91 Å². The molecular formula is C19H23ClN4O3S2. The molecule has 0 spiro atoms. The molecule has 0 unspecified atom stereocenters. The van der Waals surface area contributed by atoms with Crippen molar-refractivity contribution in [2.24, 2.45) is 0 Å². The van der Waals surface area contributed by atoms with E-state index in [1.54, 1.807) is 28.4 Å². The Morgan fingerprint density at radius 3 is 2.83 bits per heavy atom. The van der Waals surface area contributed by atoms with E-state index >= 15 is 0 Å². The molecule has 29 heavy (non-hydrogen) atoms. The summed E-state index contributed by atoms with van der Waals surface area (Å²) in [7, 11) is 2.15. The molecule has 1 N–H and O–H groups in total. The van der Waals surface area contributed by atoms with Gasteiger partial charge in [-0.1, -0.05) is 11.6 Å². The average molecular weight is 455 g/mol. The van der Waals surface area contributed by atoms with Gasteiger partial charge >= 0.3 is 6.09 Å². The summed E-state index contributed by atoms with van der Waals surface area (Å²) in [5, 5.41) is 5.81. The van der Waals surface area contributed by atoms with E-state index in [9.17, 15) is 9.59 Å². The number of nitrogens with one attached hydrogen (secondary N) is 1. The van der Waals surface area contributed by atoms with Crippen molar-refractivity contribution in [3.05, 3.63) is 38.4 Å². The van der Waals surface area contributed by atoms with E-state index in [2.05, 4.69) is 33.6 Å². The van der Waals surface area contributed by atoms with Crippen LogP contribution in [0.2, 0.25) is 4.34 Å². The lowest BCUT2D eigenvalue weighted by Gasteiger charge is -2.32. The summed E-state index contributed by atoms with van der Waals surface area (Å²) in [6, 6.07) is 5.44. The van der Waals surface area contributed by atoms with Crippen molar-refractivity contribution in [2.75, 3.05) is 51.2 Å². The van der Waals surface area contributed by atoms with E-state index in [-0.39, 0.29) is 24.6 Å². The third kappa shape index (κ3) is 5.10. The van der Waals surface area contributed by atoms with Gasteiger partial charge in [-0.05, 0) is 36.2 Å². The largest absolute Gasteiger partial charge is 0.442 e. The Kier molecular flexibility index (Phi) is 6.41. The van der Waals surface area contributed by atoms with Gasteiger partial charge in [0.15, 0.2) is 0 Å². The quantitative estimate of drug-likeness (QED) is 0.727. The van der Waals surface area contributed by atoms with Crippen LogP contribution in [0.4, 0.5) is 9.80 Å². The fraction of sp³-hybridized carbons (Fsp3) is 0.474. The highest BCUT2D eigenvalue weighted by Crippen LogP contribution is 2.29. The molecule has 2 aromatic rings. The minimum absolute atomic E-state index is 0.206. The summed E-state index contributed by atoms with van der Waals surface area (Å²) in [5.74, 6) is -0.206. The van der Waals surface area contributed by atoms with Crippen LogP contribution in [0.3, 0.4) is 0 Å². The number of halogens is 1. The van der Waals surface area contributed by atoms with Crippen LogP contribution < -0.4 is 10.2 Å². The summed E-state index contributed by atoms with van der Waals surface area (Å²) < 4.78 is 6.00. The number of ether oxygens (including phenoxy) is 1. The number of piperazine rings is 1. The maximum Gasteiger partial charge on any atom is 0.415 e. The molecule has 2 aliphatic heterocycles. The van der Waals surface area contributed by atoms with Gasteiger partial charge in [0.1, 0.15) is 11.1 Å². The van der Waals surface area contributed by atoms with Gasteiger partial charge in [0.2, 0.25) is 0 Å². The van der Waals surface area contributed by atoms with Gasteiger partial charge in [-0.3, -0.25) is 14.6 Å². The molecule has 4 rings (SSSR count). The van der Waals surface area contributed by atoms with Gasteiger partial charge in [-0.15, -0.1) is 22.7 Å². The van der Waals surface area contributed by atoms with Crippen molar-refractivity contribution >= 4 is 51.3 Å². The topological polar surface area (TPSA) is 65.1 Å². The third-order valence-electron chi connectivity index (χ3n) is 5.07. The molecule has 156 valence electrons. The van der Waals surface area contributed by atoms with Gasteiger partial charge in [-0.2, -0.15) is 0 Å². The molecule has 2 saturated heterocycles. The lowest BCUT2D eigenvalue weighted by molar-refractivity contribution is 0.0920. The van der Waals surface area contributed by atoms with Gasteiger partial charge in [0, 0.05) is 32.7 Å². The van der Waals surface area contributed by atoms with E-state index in [4.69, 9.17) is 16.3 Å². The average Bonchev–Trinajstić information content (AvgIpc) is 3.42. The smallest absolute Gasteiger partial charge is 0.415 e. The Balaban J connectivity index is 1.29. The number of thiophene rings is 2. The Morgan fingerprint density at radius 2 is 2.10 bits per heavy atom. The number of likely N-dealkylation sites (N-methyl/N-ethyl adjacent to an activating group) is 1. The van der Waals surface area contributed by atoms with Crippen LogP contribution in [-0.2, 0) is 11.3 Å². The van der Waals surface area contributed by atoms with E-state index in [0.29, 0.717) is 15.8 Å². The minimum atomic E-state index is -0.370. The van der Waals surface area contributed by atoms with E-state index < -0.39 is 0 Å². The second-order valence-corrected chi connectivity index (χ2v) is 9.91. The van der Waals surface area contributed by atoms with Crippen molar-refractivity contribution in [3.8, 4) is 0 Å². The minimum Gasteiger partial charge on any atom is -0.442 e. The first kappa shape index (κ1) is 20.6. The first-order valence-electron chi connectivity index (χ1n) is 9.48. The highest BCUT2D eigenvalue weighted by Gasteiger charge is 2.33. The summed E-state index contributed by atoms with van der Waals surface area (Å²) >= 11 is 8.64. The van der Waals surface area contributed by atoms with Crippen LogP contribution >= 0.6 is 34.3 Å². The predicted octanol–water partition coefficient (Wildman–Crippen LogP) is 2.97. The molecule has 0 aliphatic carbocycles. The summed E-state index contributed by atoms with van der Waals surface area (Å²) in [4.78, 5) is 31.4. The number of anilines is 1. The monoisotopic (exact) mass is 454 g/mol. The number of nitrogens with zero attached hydrogens (tertiary/aromatic N) is 3. The number of hydrogen-bond donors (Lipinski definition) is 1. The highest BCUT2D eigenvalue weighted by atomic mass is 35.5. The zero-order valence-electron chi connectivity index (χ0n) is 16.1. The second-order valence-electron chi connectivity index (χ2n) is 7.30. The maximum atomic E-state index is 12.3. The molecule has 10 heteroatoms. The molecule has 7 nitrogen and oxygen atoms in total. The van der Waals surface area contributed by atoms with Crippen molar-refractivity contribution in [1.82, 2.24) is 15.1 Å². The van der Waals surface area contributed by atoms with Crippen LogP contribution in [0.1, 0.15) is 15.2 Å². The van der Waals surface area contributed by atoms with Crippen molar-refractivity contribution in [2.45, 2.75) is 12.6 Å². The molecular weight excluding hydrogens is 432 g/mol. The lowest BCUT2D eigenvalue weighted by atomic mass is 10.2. The van der Waals surface area contributed by atoms with Gasteiger partial charge in [0.05, 0.1) is 22.3 Å². The van der Waals surface area contributed by atoms with Crippen molar-refractivity contribution in [3.63, 3.8) is 0 Å². The SMILES string of the molecule is CN1CCN(Cc2csc(N3C[C@H](CNC(=O)c4ccc(Cl)s4)OC3=O)c2)CC1. The van der Waals surface area contributed by atoms with E-state index in [1.165, 1.54) is 16.9 Å². The Bertz CT molecular complexity index is 878. The molecule has 4 heterocycles. The number of amides is 2. The number of hydrogen-bond acceptors (Lipinski definition) is 7. The summed E-state index contributed by atoms with van der Waals surface area (Å²) in [6.45, 7) is 5.89. The standard InChI is InChI=1S/C19H23ClN4O3S2/c1-22-4-6-23(7-5-22)10-13-8-17(28-12-13)24-11-14(27-19(24)26)9-21-18(25)15-2-3-16(20)29-15/h2-3,8,12,14H,4-7,9-11H2,1H3,(H,21,25)/t14-/m0/s1. The fourth-order valence-electron chi connectivity index (χ4n) is 3.39. The van der Waals surface area contributed by atoms with Crippen molar-refractivity contribution in [1.29, 1.82) is 0 Å². The van der Waals surface area contributed by atoms with Crippen LogP contribution in [0, 0.1) is 0 Å². The van der Waals surface area contributed by atoms with Crippen LogP contribution in [0.15, 0.2) is 23.6 Å². The Hall–Kier alpha value is -1.65. The summed E-state index contributed by atoms with van der Waals surface area (Å²) in [6.07, 6.45) is -0.735. The van der Waals surface area contributed by atoms with Gasteiger partial charge in [-0.25, -0.2) is 4.79 Å². The molecule has 2 amide bonds. The molecule has 2 aromatic heterocycles. The number of rotatable bonds is 6.